The highest BCUT2D eigenvalue weighted by molar-refractivity contribution is 7.90. The number of carbonyl (C=O) groups is 2. The van der Waals surface area contributed by atoms with Crippen LogP contribution in [0.4, 0.5) is 5.69 Å². The van der Waals surface area contributed by atoms with Crippen molar-refractivity contribution in [1.82, 2.24) is 4.72 Å². The molecule has 0 unspecified atom stereocenters. The van der Waals surface area contributed by atoms with Gasteiger partial charge in [0.1, 0.15) is 11.6 Å². The number of hydrogen-bond donors (Lipinski definition) is 2. The van der Waals surface area contributed by atoms with E-state index < -0.39 is 15.9 Å². The summed E-state index contributed by atoms with van der Waals surface area (Å²) in [5.74, 6) is 0.423. The topological polar surface area (TPSA) is 114 Å². The van der Waals surface area contributed by atoms with Crippen molar-refractivity contribution >= 4 is 33.2 Å². The summed E-state index contributed by atoms with van der Waals surface area (Å²) in [6.07, 6.45) is 3.48. The molecule has 3 rings (SSSR count). The monoisotopic (exact) mass is 443 g/mol. The highest BCUT2D eigenvalue weighted by Crippen LogP contribution is 2.17. The van der Waals surface area contributed by atoms with E-state index in [1.165, 1.54) is 19.1 Å². The summed E-state index contributed by atoms with van der Waals surface area (Å²) >= 11 is 0. The Morgan fingerprint density at radius 2 is 1.84 bits per heavy atom. The van der Waals surface area contributed by atoms with E-state index in [1.54, 1.807) is 36.4 Å². The number of amides is 1. The number of rotatable bonds is 7. The maximum atomic E-state index is 12.7. The quantitative estimate of drug-likeness (QED) is 0.638. The lowest BCUT2D eigenvalue weighted by Crippen LogP contribution is -2.30. The highest BCUT2D eigenvalue weighted by atomic mass is 32.2. The number of hydrogen-bond acceptors (Lipinski definition) is 6. The number of ketones is 1. The van der Waals surface area contributed by atoms with Crippen LogP contribution in [0.15, 0.2) is 58.4 Å². The van der Waals surface area contributed by atoms with Crippen LogP contribution in [0, 0.1) is 0 Å². The van der Waals surface area contributed by atoms with Gasteiger partial charge in [-0.15, -0.1) is 0 Å². The number of amidine groups is 1. The molecule has 0 spiro atoms. The second kappa shape index (κ2) is 10.2. The van der Waals surface area contributed by atoms with Crippen LogP contribution in [0.1, 0.15) is 43.0 Å². The number of carbonyl (C=O) groups excluding carboxylic acids is 2. The van der Waals surface area contributed by atoms with Crippen molar-refractivity contribution in [1.29, 1.82) is 0 Å². The number of ether oxygens (including phenoxy) is 1. The van der Waals surface area contributed by atoms with Crippen molar-refractivity contribution < 1.29 is 22.7 Å². The SMILES string of the molecule is CC(=O)c1ccc(OCC(=O)Nc2cccc(S(=O)(=O)NC3=NCCCCC3)c2)cc1. The third-order valence-corrected chi connectivity index (χ3v) is 6.06. The van der Waals surface area contributed by atoms with Gasteiger partial charge >= 0.3 is 0 Å². The molecule has 1 amide bonds. The molecular weight excluding hydrogens is 418 g/mol. The van der Waals surface area contributed by atoms with E-state index in [0.717, 1.165) is 19.3 Å². The fraction of sp³-hybridized carbons (Fsp3) is 0.318. The molecule has 0 radical (unpaired) electrons. The van der Waals surface area contributed by atoms with E-state index in [1.807, 2.05) is 0 Å². The Kier molecular flexibility index (Phi) is 7.41. The van der Waals surface area contributed by atoms with Crippen molar-refractivity contribution in [3.05, 3.63) is 54.1 Å². The van der Waals surface area contributed by atoms with E-state index >= 15 is 0 Å². The van der Waals surface area contributed by atoms with Gasteiger partial charge < -0.3 is 10.1 Å². The van der Waals surface area contributed by atoms with Crippen LogP contribution < -0.4 is 14.8 Å². The van der Waals surface area contributed by atoms with E-state index in [2.05, 4.69) is 15.0 Å². The Hall–Kier alpha value is -3.20. The smallest absolute Gasteiger partial charge is 0.262 e. The second-order valence-corrected chi connectivity index (χ2v) is 8.87. The molecule has 1 aliphatic rings. The maximum Gasteiger partial charge on any atom is 0.262 e. The molecule has 2 N–H and O–H groups in total. The molecule has 1 heterocycles. The summed E-state index contributed by atoms with van der Waals surface area (Å²) in [6, 6.07) is 12.5. The van der Waals surface area contributed by atoms with Crippen LogP contribution >= 0.6 is 0 Å². The van der Waals surface area contributed by atoms with Crippen molar-refractivity contribution in [2.24, 2.45) is 4.99 Å². The summed E-state index contributed by atoms with van der Waals surface area (Å²) in [7, 11) is -3.79. The van der Waals surface area contributed by atoms with Crippen LogP contribution in [0.25, 0.3) is 0 Å². The Morgan fingerprint density at radius 3 is 2.58 bits per heavy atom. The van der Waals surface area contributed by atoms with Gasteiger partial charge in [0.05, 0.1) is 4.90 Å². The number of nitrogens with zero attached hydrogens (tertiary/aromatic N) is 1. The van der Waals surface area contributed by atoms with Crippen molar-refractivity contribution in [3.63, 3.8) is 0 Å². The Labute approximate surface area is 181 Å². The zero-order chi connectivity index (χ0) is 22.3. The predicted octanol–water partition coefficient (Wildman–Crippen LogP) is 3.16. The van der Waals surface area contributed by atoms with E-state index in [-0.39, 0.29) is 17.3 Å². The van der Waals surface area contributed by atoms with Gasteiger partial charge in [0.2, 0.25) is 0 Å². The summed E-state index contributed by atoms with van der Waals surface area (Å²) in [5.41, 5.74) is 0.893. The van der Waals surface area contributed by atoms with Gasteiger partial charge in [-0.05, 0) is 62.2 Å². The molecule has 1 aliphatic heterocycles. The van der Waals surface area contributed by atoms with Gasteiger partial charge in [-0.1, -0.05) is 12.5 Å². The van der Waals surface area contributed by atoms with E-state index in [9.17, 15) is 18.0 Å². The zero-order valence-electron chi connectivity index (χ0n) is 17.3. The highest BCUT2D eigenvalue weighted by Gasteiger charge is 2.18. The van der Waals surface area contributed by atoms with Crippen LogP contribution in [-0.4, -0.2) is 39.1 Å². The molecule has 2 aromatic carbocycles. The zero-order valence-corrected chi connectivity index (χ0v) is 18.1. The third-order valence-electron chi connectivity index (χ3n) is 4.69. The average Bonchev–Trinajstić information content (AvgIpc) is 3.01. The Morgan fingerprint density at radius 1 is 1.06 bits per heavy atom. The number of benzene rings is 2. The van der Waals surface area contributed by atoms with E-state index in [0.29, 0.717) is 35.8 Å². The first-order valence-electron chi connectivity index (χ1n) is 10.0. The fourth-order valence-electron chi connectivity index (χ4n) is 3.04. The minimum absolute atomic E-state index is 0.0398. The molecule has 0 atom stereocenters. The number of aliphatic imine (C=N–C) groups is 1. The van der Waals surface area contributed by atoms with Gasteiger partial charge in [0.25, 0.3) is 15.9 Å². The minimum atomic E-state index is -3.79. The molecular formula is C22H25N3O5S. The fourth-order valence-corrected chi connectivity index (χ4v) is 4.18. The molecule has 164 valence electrons. The predicted molar refractivity (Wildman–Crippen MR) is 118 cm³/mol. The van der Waals surface area contributed by atoms with Gasteiger partial charge in [0.15, 0.2) is 12.4 Å². The summed E-state index contributed by atoms with van der Waals surface area (Å²) in [6.45, 7) is 1.83. The first kappa shape index (κ1) is 22.5. The lowest BCUT2D eigenvalue weighted by Gasteiger charge is -2.12. The molecule has 2 aromatic rings. The van der Waals surface area contributed by atoms with Crippen LogP contribution in [0.5, 0.6) is 5.75 Å². The average molecular weight is 444 g/mol. The lowest BCUT2D eigenvalue weighted by atomic mass is 10.1. The number of Topliss-reactive ketones (excluding diaryl/α,β-unsaturated/α-hetero) is 1. The lowest BCUT2D eigenvalue weighted by molar-refractivity contribution is -0.118. The van der Waals surface area contributed by atoms with Crippen molar-refractivity contribution in [2.75, 3.05) is 18.5 Å². The van der Waals surface area contributed by atoms with Crippen LogP contribution in [-0.2, 0) is 14.8 Å². The van der Waals surface area contributed by atoms with Gasteiger partial charge in [-0.2, -0.15) is 0 Å². The Balaban J connectivity index is 1.59. The molecule has 0 aromatic heterocycles. The second-order valence-electron chi connectivity index (χ2n) is 7.19. The normalized spacial score (nSPS) is 14.2. The number of anilines is 1. The van der Waals surface area contributed by atoms with Crippen molar-refractivity contribution in [3.8, 4) is 5.75 Å². The standard InChI is InChI=1S/C22H25N3O5S/c1-16(26)17-9-11-19(12-10-17)30-15-22(27)24-18-6-5-7-20(14-18)31(28,29)25-21-8-3-2-4-13-23-21/h5-7,9-12,14H,2-4,8,13,15H2,1H3,(H,23,25)(H,24,27). The molecule has 31 heavy (non-hydrogen) atoms. The molecule has 0 saturated heterocycles. The third kappa shape index (κ3) is 6.65. The van der Waals surface area contributed by atoms with Gasteiger partial charge in [-0.3, -0.25) is 19.3 Å². The van der Waals surface area contributed by atoms with Gasteiger partial charge in [-0.25, -0.2) is 8.42 Å². The van der Waals surface area contributed by atoms with Gasteiger partial charge in [0, 0.05) is 24.2 Å². The van der Waals surface area contributed by atoms with Crippen LogP contribution in [0.2, 0.25) is 0 Å². The molecule has 0 saturated carbocycles. The Bertz CT molecular complexity index is 1080. The minimum Gasteiger partial charge on any atom is -0.484 e. The molecule has 9 heteroatoms. The van der Waals surface area contributed by atoms with Crippen LogP contribution in [0.3, 0.4) is 0 Å². The number of nitrogens with one attached hydrogen (secondary N) is 2. The summed E-state index contributed by atoms with van der Waals surface area (Å²) < 4.78 is 33.3. The summed E-state index contributed by atoms with van der Waals surface area (Å²) in [5, 5.41) is 2.63. The first-order valence-corrected chi connectivity index (χ1v) is 11.5. The largest absolute Gasteiger partial charge is 0.484 e. The first-order chi connectivity index (χ1) is 14.8. The summed E-state index contributed by atoms with van der Waals surface area (Å²) in [4.78, 5) is 27.8. The molecule has 0 bridgehead atoms. The molecule has 8 nitrogen and oxygen atoms in total. The molecule has 0 aliphatic carbocycles. The molecule has 0 fully saturated rings. The number of sulfonamides is 1. The van der Waals surface area contributed by atoms with E-state index in [4.69, 9.17) is 4.74 Å². The van der Waals surface area contributed by atoms with Crippen molar-refractivity contribution in [2.45, 2.75) is 37.5 Å². The maximum absolute atomic E-state index is 12.7.